The summed E-state index contributed by atoms with van der Waals surface area (Å²) < 4.78 is 0. The molecule has 0 aromatic carbocycles. The number of aliphatic hydroxyl groups is 1. The lowest BCUT2D eigenvalue weighted by Gasteiger charge is -2.58. The first-order valence-electron chi connectivity index (χ1n) is 10.7. The van der Waals surface area contributed by atoms with Gasteiger partial charge in [0.1, 0.15) is 6.29 Å². The van der Waals surface area contributed by atoms with E-state index in [1.54, 1.807) is 5.57 Å². The van der Waals surface area contributed by atoms with Gasteiger partial charge in [-0.3, -0.25) is 0 Å². The number of aldehydes is 1. The van der Waals surface area contributed by atoms with Crippen molar-refractivity contribution < 1.29 is 9.90 Å². The molecule has 0 radical (unpaired) electrons. The van der Waals surface area contributed by atoms with Crippen molar-refractivity contribution in [3.8, 4) is 0 Å². The molecule has 8 unspecified atom stereocenters. The van der Waals surface area contributed by atoms with Crippen LogP contribution in [0.5, 0.6) is 0 Å². The summed E-state index contributed by atoms with van der Waals surface area (Å²) in [4.78, 5) is 11.1. The summed E-state index contributed by atoms with van der Waals surface area (Å²) in [5, 5.41) is 10.1. The Morgan fingerprint density at radius 3 is 2.76 bits per heavy atom. The fraction of sp³-hybridized carbons (Fsp3) is 0.870. The van der Waals surface area contributed by atoms with Gasteiger partial charge in [-0.1, -0.05) is 32.4 Å². The van der Waals surface area contributed by atoms with Crippen molar-refractivity contribution in [2.75, 3.05) is 0 Å². The first kappa shape index (κ1) is 17.8. The van der Waals surface area contributed by atoms with E-state index in [1.165, 1.54) is 38.5 Å². The molecule has 0 heterocycles. The third-order valence-corrected chi connectivity index (χ3v) is 9.31. The summed E-state index contributed by atoms with van der Waals surface area (Å²) >= 11 is 0. The van der Waals surface area contributed by atoms with E-state index in [9.17, 15) is 9.90 Å². The van der Waals surface area contributed by atoms with Crippen molar-refractivity contribution in [3.63, 3.8) is 0 Å². The van der Waals surface area contributed by atoms with Crippen molar-refractivity contribution in [2.45, 2.75) is 84.7 Å². The second-order valence-corrected chi connectivity index (χ2v) is 10.3. The standard InChI is InChI=1S/C23H36O2/c1-15(10-13-24)19-6-7-20-18-5-4-16-14-17(25)8-11-22(16,2)21(18)9-12-23(19,20)3/h4,13,15,17-21,25H,5-12,14H2,1-3H3. The number of aliphatic hydroxyl groups excluding tert-OH is 1. The molecule has 0 bridgehead atoms. The number of hydrogen-bond donors (Lipinski definition) is 1. The van der Waals surface area contributed by atoms with Crippen LogP contribution in [0.4, 0.5) is 0 Å². The molecule has 8 atom stereocenters. The Morgan fingerprint density at radius 1 is 1.20 bits per heavy atom. The molecule has 2 heteroatoms. The minimum Gasteiger partial charge on any atom is -0.393 e. The van der Waals surface area contributed by atoms with Gasteiger partial charge < -0.3 is 9.90 Å². The predicted molar refractivity (Wildman–Crippen MR) is 101 cm³/mol. The molecule has 0 amide bonds. The van der Waals surface area contributed by atoms with Crippen LogP contribution in [0.25, 0.3) is 0 Å². The van der Waals surface area contributed by atoms with E-state index >= 15 is 0 Å². The third kappa shape index (κ3) is 2.58. The maximum absolute atomic E-state index is 11.1. The van der Waals surface area contributed by atoms with Crippen LogP contribution in [0.1, 0.15) is 78.6 Å². The summed E-state index contributed by atoms with van der Waals surface area (Å²) in [5.41, 5.74) is 2.36. The molecular weight excluding hydrogens is 308 g/mol. The van der Waals surface area contributed by atoms with Crippen LogP contribution in [0.15, 0.2) is 11.6 Å². The monoisotopic (exact) mass is 344 g/mol. The minimum absolute atomic E-state index is 0.107. The average Bonchev–Trinajstić information content (AvgIpc) is 2.93. The Bertz CT molecular complexity index is 566. The van der Waals surface area contributed by atoms with E-state index in [1.807, 2.05) is 0 Å². The van der Waals surface area contributed by atoms with Gasteiger partial charge in [-0.05, 0) is 91.8 Å². The minimum atomic E-state index is -0.107. The molecule has 1 N–H and O–H groups in total. The van der Waals surface area contributed by atoms with Crippen molar-refractivity contribution in [1.82, 2.24) is 0 Å². The molecule has 4 aliphatic carbocycles. The Morgan fingerprint density at radius 2 is 2.00 bits per heavy atom. The van der Waals surface area contributed by atoms with E-state index in [4.69, 9.17) is 0 Å². The molecule has 0 aromatic heterocycles. The summed E-state index contributed by atoms with van der Waals surface area (Å²) in [5.74, 6) is 3.76. The molecule has 3 fully saturated rings. The molecule has 4 aliphatic rings. The fourth-order valence-corrected chi connectivity index (χ4v) is 7.93. The molecule has 4 rings (SSSR count). The van der Waals surface area contributed by atoms with Crippen LogP contribution >= 0.6 is 0 Å². The lowest BCUT2D eigenvalue weighted by molar-refractivity contribution is -0.109. The summed E-state index contributed by atoms with van der Waals surface area (Å²) in [7, 11) is 0. The predicted octanol–water partition coefficient (Wildman–Crippen LogP) is 5.15. The highest BCUT2D eigenvalue weighted by molar-refractivity contribution is 5.49. The summed E-state index contributed by atoms with van der Waals surface area (Å²) in [6.45, 7) is 7.37. The van der Waals surface area contributed by atoms with Gasteiger partial charge in [0.05, 0.1) is 6.10 Å². The van der Waals surface area contributed by atoms with Crippen molar-refractivity contribution in [2.24, 2.45) is 40.4 Å². The van der Waals surface area contributed by atoms with E-state index in [2.05, 4.69) is 26.8 Å². The number of rotatable bonds is 3. The molecule has 140 valence electrons. The van der Waals surface area contributed by atoms with Gasteiger partial charge in [0.2, 0.25) is 0 Å². The van der Waals surface area contributed by atoms with Crippen LogP contribution in [0, 0.1) is 40.4 Å². The van der Waals surface area contributed by atoms with E-state index < -0.39 is 0 Å². The lowest BCUT2D eigenvalue weighted by Crippen LogP contribution is -2.50. The molecule has 0 saturated heterocycles. The first-order chi connectivity index (χ1) is 11.9. The summed E-state index contributed by atoms with van der Waals surface area (Å²) in [6, 6.07) is 0. The van der Waals surface area contributed by atoms with E-state index in [-0.39, 0.29) is 6.10 Å². The van der Waals surface area contributed by atoms with Gasteiger partial charge in [0.25, 0.3) is 0 Å². The molecule has 0 aliphatic heterocycles. The van der Waals surface area contributed by atoms with Gasteiger partial charge >= 0.3 is 0 Å². The van der Waals surface area contributed by atoms with Gasteiger partial charge in [-0.2, -0.15) is 0 Å². The van der Waals surface area contributed by atoms with Gasteiger partial charge in [0.15, 0.2) is 0 Å². The van der Waals surface area contributed by atoms with Crippen molar-refractivity contribution in [3.05, 3.63) is 11.6 Å². The third-order valence-electron chi connectivity index (χ3n) is 9.31. The van der Waals surface area contributed by atoms with E-state index in [0.717, 1.165) is 49.2 Å². The number of fused-ring (bicyclic) bond motifs is 5. The smallest absolute Gasteiger partial charge is 0.120 e. The highest BCUT2D eigenvalue weighted by atomic mass is 16.3. The molecule has 0 aromatic rings. The quantitative estimate of drug-likeness (QED) is 0.568. The van der Waals surface area contributed by atoms with Crippen LogP contribution in [-0.4, -0.2) is 17.5 Å². The summed E-state index contributed by atoms with van der Waals surface area (Å²) in [6.07, 6.45) is 14.0. The largest absolute Gasteiger partial charge is 0.393 e. The zero-order valence-electron chi connectivity index (χ0n) is 16.3. The molecule has 2 nitrogen and oxygen atoms in total. The number of carbonyl (C=O) groups excluding carboxylic acids is 1. The zero-order chi connectivity index (χ0) is 17.8. The number of carbonyl (C=O) groups is 1. The van der Waals surface area contributed by atoms with Crippen molar-refractivity contribution >= 4 is 6.29 Å². The van der Waals surface area contributed by atoms with Crippen molar-refractivity contribution in [1.29, 1.82) is 0 Å². The van der Waals surface area contributed by atoms with Gasteiger partial charge in [-0.25, -0.2) is 0 Å². The molecular formula is C23H36O2. The molecule has 3 saturated carbocycles. The average molecular weight is 345 g/mol. The van der Waals surface area contributed by atoms with E-state index in [0.29, 0.717) is 16.7 Å². The van der Waals surface area contributed by atoms with Gasteiger partial charge in [0, 0.05) is 6.42 Å². The number of hydrogen-bond acceptors (Lipinski definition) is 2. The first-order valence-corrected chi connectivity index (χ1v) is 10.7. The topological polar surface area (TPSA) is 37.3 Å². The zero-order valence-corrected chi connectivity index (χ0v) is 16.3. The number of allylic oxidation sites excluding steroid dienone is 1. The second kappa shape index (κ2) is 6.22. The Hall–Kier alpha value is -0.630. The highest BCUT2D eigenvalue weighted by Gasteiger charge is 2.59. The van der Waals surface area contributed by atoms with Crippen LogP contribution < -0.4 is 0 Å². The Kier molecular flexibility index (Phi) is 4.42. The maximum atomic E-state index is 11.1. The SMILES string of the molecule is CC(CC=O)C1CCC2C3CC=C4CC(O)CCC4(C)C3CCC12C. The molecule has 0 spiro atoms. The normalized spacial score (nSPS) is 50.2. The maximum Gasteiger partial charge on any atom is 0.120 e. The lowest BCUT2D eigenvalue weighted by atomic mass is 9.47. The highest BCUT2D eigenvalue weighted by Crippen LogP contribution is 2.67. The van der Waals surface area contributed by atoms with Crippen LogP contribution in [-0.2, 0) is 4.79 Å². The Balaban J connectivity index is 1.61. The fourth-order valence-electron chi connectivity index (χ4n) is 7.93. The van der Waals surface area contributed by atoms with Crippen LogP contribution in [0.2, 0.25) is 0 Å². The van der Waals surface area contributed by atoms with Crippen LogP contribution in [0.3, 0.4) is 0 Å². The molecule has 25 heavy (non-hydrogen) atoms. The Labute approximate surface area is 153 Å². The second-order valence-electron chi connectivity index (χ2n) is 10.3. The van der Waals surface area contributed by atoms with Gasteiger partial charge in [-0.15, -0.1) is 0 Å².